The molecule has 202 valence electrons. The number of halogens is 2. The number of phenols is 1. The van der Waals surface area contributed by atoms with Crippen molar-refractivity contribution < 1.29 is 24.2 Å². The van der Waals surface area contributed by atoms with Crippen molar-refractivity contribution in [3.63, 3.8) is 0 Å². The summed E-state index contributed by atoms with van der Waals surface area (Å²) in [7, 11) is 0. The molecule has 9 nitrogen and oxygen atoms in total. The van der Waals surface area contributed by atoms with Gasteiger partial charge in [0, 0.05) is 29.7 Å². The van der Waals surface area contributed by atoms with Crippen molar-refractivity contribution in [1.29, 1.82) is 0 Å². The van der Waals surface area contributed by atoms with E-state index in [-0.39, 0.29) is 40.7 Å². The highest BCUT2D eigenvalue weighted by atomic mass is 35.5. The zero-order chi connectivity index (χ0) is 27.1. The van der Waals surface area contributed by atoms with Gasteiger partial charge in [0.25, 0.3) is 0 Å². The van der Waals surface area contributed by atoms with Gasteiger partial charge in [-0.3, -0.25) is 10.5 Å². The molecule has 1 saturated carbocycles. The molecule has 3 amide bonds. The molecule has 5 rings (SSSR count). The monoisotopic (exact) mass is 543 g/mol. The summed E-state index contributed by atoms with van der Waals surface area (Å²) in [6, 6.07) is 7.89. The van der Waals surface area contributed by atoms with Gasteiger partial charge in [0.1, 0.15) is 17.6 Å². The van der Waals surface area contributed by atoms with Crippen molar-refractivity contribution in [2.24, 2.45) is 17.6 Å². The van der Waals surface area contributed by atoms with Gasteiger partial charge in [0.05, 0.1) is 16.2 Å². The highest BCUT2D eigenvalue weighted by molar-refractivity contribution is 6.30. The molecule has 0 radical (unpaired) electrons. The van der Waals surface area contributed by atoms with Crippen molar-refractivity contribution in [2.45, 2.75) is 57.6 Å². The fourth-order valence-corrected chi connectivity index (χ4v) is 5.99. The minimum absolute atomic E-state index is 0.00850. The second-order valence-electron chi connectivity index (χ2n) is 10.0. The van der Waals surface area contributed by atoms with Crippen LogP contribution in [0.25, 0.3) is 10.9 Å². The predicted octanol–water partition coefficient (Wildman–Crippen LogP) is 4.27. The van der Waals surface area contributed by atoms with Crippen LogP contribution in [0.3, 0.4) is 0 Å². The van der Waals surface area contributed by atoms with E-state index in [9.17, 15) is 24.2 Å². The molecule has 1 aliphatic heterocycles. The second-order valence-corrected chi connectivity index (χ2v) is 10.5. The van der Waals surface area contributed by atoms with Crippen LogP contribution in [0.2, 0.25) is 5.02 Å². The smallest absolute Gasteiger partial charge is 0.322 e. The van der Waals surface area contributed by atoms with Crippen molar-refractivity contribution in [2.75, 3.05) is 5.32 Å². The number of nitrogens with one attached hydrogen (secondary N) is 2. The first-order chi connectivity index (χ1) is 18.2. The summed E-state index contributed by atoms with van der Waals surface area (Å²) in [6.07, 6.45) is 3.74. The molecule has 6 N–H and O–H groups in total. The number of hydrogen-bond donors (Lipinski definition) is 5. The Kier molecular flexibility index (Phi) is 7.21. The number of likely N-dealkylation sites (tertiary alicyclic amines) is 1. The molecule has 38 heavy (non-hydrogen) atoms. The molecule has 11 heteroatoms. The maximum Gasteiger partial charge on any atom is 0.322 e. The van der Waals surface area contributed by atoms with Crippen LogP contribution in [0.15, 0.2) is 42.6 Å². The Bertz CT molecular complexity index is 1380. The number of piperidine rings is 1. The van der Waals surface area contributed by atoms with Crippen LogP contribution >= 0.6 is 11.6 Å². The first-order valence-corrected chi connectivity index (χ1v) is 13.2. The number of benzene rings is 2. The number of fused-ring (bicyclic) bond motifs is 2. The molecule has 1 aliphatic carbocycles. The summed E-state index contributed by atoms with van der Waals surface area (Å²) in [5, 5.41) is 26.1. The first-order valence-electron chi connectivity index (χ1n) is 12.8. The van der Waals surface area contributed by atoms with Gasteiger partial charge < -0.3 is 30.3 Å². The number of phenolic OH excluding ortho intramolecular Hbond substituents is 1. The fraction of sp³-hybridized carbons (Fsp3) is 0.407. The normalized spacial score (nSPS) is 22.8. The lowest BCUT2D eigenvalue weighted by Crippen LogP contribution is -2.50. The van der Waals surface area contributed by atoms with E-state index in [0.717, 1.165) is 19.3 Å². The number of aliphatic hydroxyl groups is 1. The van der Waals surface area contributed by atoms with E-state index in [2.05, 4.69) is 17.6 Å². The first kappa shape index (κ1) is 26.3. The topological polar surface area (TPSA) is 133 Å². The van der Waals surface area contributed by atoms with Crippen LogP contribution in [-0.4, -0.2) is 43.7 Å². The Labute approximate surface area is 224 Å². The summed E-state index contributed by atoms with van der Waals surface area (Å²) < 4.78 is 15.7. The van der Waals surface area contributed by atoms with Crippen LogP contribution in [0.4, 0.5) is 14.9 Å². The van der Waals surface area contributed by atoms with E-state index in [1.54, 1.807) is 23.1 Å². The number of rotatable bonds is 8. The Morgan fingerprint density at radius 1 is 1.29 bits per heavy atom. The number of aromatic hydroxyl groups is 1. The van der Waals surface area contributed by atoms with Crippen LogP contribution in [0, 0.1) is 17.7 Å². The third kappa shape index (κ3) is 4.79. The number of anilines is 1. The van der Waals surface area contributed by atoms with Gasteiger partial charge in [0.2, 0.25) is 5.91 Å². The van der Waals surface area contributed by atoms with Crippen LogP contribution in [0.1, 0.15) is 44.5 Å². The summed E-state index contributed by atoms with van der Waals surface area (Å²) in [4.78, 5) is 28.5. The van der Waals surface area contributed by atoms with E-state index >= 15 is 0 Å². The third-order valence-electron chi connectivity index (χ3n) is 7.69. The van der Waals surface area contributed by atoms with Crippen LogP contribution in [0.5, 0.6) is 5.75 Å². The zero-order valence-electron chi connectivity index (χ0n) is 20.9. The van der Waals surface area contributed by atoms with Crippen molar-refractivity contribution in [1.82, 2.24) is 14.8 Å². The molecule has 3 aromatic rings. The number of carbonyl (C=O) groups is 2. The predicted molar refractivity (Wildman–Crippen MR) is 142 cm³/mol. The molecule has 1 saturated heterocycles. The zero-order valence-corrected chi connectivity index (χ0v) is 21.7. The average molecular weight is 544 g/mol. The van der Waals surface area contributed by atoms with Gasteiger partial charge in [-0.1, -0.05) is 43.5 Å². The third-order valence-corrected chi connectivity index (χ3v) is 7.99. The highest BCUT2D eigenvalue weighted by Gasteiger charge is 2.63. The molecule has 2 aromatic carbocycles. The number of aliphatic hydroxyl groups excluding tert-OH is 1. The SMILES string of the molecule is CCCC[C@H]1C2[C@H]1C[C@@H](C(=O)NCc1cccc(Cl)c1F)N2C(=O)Nc1cn(C(N)O)c2ccc(O)cc12. The molecule has 2 aliphatic rings. The molecule has 2 unspecified atom stereocenters. The molecule has 1 aromatic heterocycles. The van der Waals surface area contributed by atoms with Gasteiger partial charge >= 0.3 is 6.03 Å². The number of hydrogen-bond acceptors (Lipinski definition) is 5. The number of nitrogens with two attached hydrogens (primary N) is 1. The maximum absolute atomic E-state index is 14.3. The van der Waals surface area contributed by atoms with E-state index < -0.39 is 24.2 Å². The average Bonchev–Trinajstić information content (AvgIpc) is 3.21. The molecular weight excluding hydrogens is 513 g/mol. The number of unbranched alkanes of at least 4 members (excludes halogenated alkanes) is 1. The molecule has 5 atom stereocenters. The Hall–Kier alpha value is -3.34. The van der Waals surface area contributed by atoms with Crippen molar-refractivity contribution in [3.8, 4) is 5.75 Å². The Morgan fingerprint density at radius 2 is 2.08 bits per heavy atom. The minimum Gasteiger partial charge on any atom is -0.508 e. The van der Waals surface area contributed by atoms with Crippen molar-refractivity contribution >= 4 is 40.1 Å². The van der Waals surface area contributed by atoms with Gasteiger partial charge in [-0.2, -0.15) is 0 Å². The van der Waals surface area contributed by atoms with Crippen LogP contribution in [-0.2, 0) is 11.3 Å². The maximum atomic E-state index is 14.3. The largest absolute Gasteiger partial charge is 0.508 e. The number of urea groups is 1. The Balaban J connectivity index is 1.37. The number of aromatic nitrogens is 1. The molecule has 0 spiro atoms. The van der Waals surface area contributed by atoms with Crippen molar-refractivity contribution in [3.05, 3.63) is 59.0 Å². The summed E-state index contributed by atoms with van der Waals surface area (Å²) in [6.45, 7) is 2.07. The number of nitrogens with zero attached hydrogens (tertiary/aromatic N) is 2. The lowest BCUT2D eigenvalue weighted by Gasteiger charge is -2.28. The minimum atomic E-state index is -1.35. The highest BCUT2D eigenvalue weighted by Crippen LogP contribution is 2.55. The summed E-state index contributed by atoms with van der Waals surface area (Å²) >= 11 is 5.86. The Morgan fingerprint density at radius 3 is 2.82 bits per heavy atom. The second kappa shape index (κ2) is 10.4. The van der Waals surface area contributed by atoms with Gasteiger partial charge in [0.15, 0.2) is 6.35 Å². The summed E-state index contributed by atoms with van der Waals surface area (Å²) in [5.41, 5.74) is 6.82. The van der Waals surface area contributed by atoms with E-state index in [0.29, 0.717) is 28.9 Å². The molecule has 2 heterocycles. The van der Waals surface area contributed by atoms with Gasteiger partial charge in [-0.25, -0.2) is 9.18 Å². The lowest BCUT2D eigenvalue weighted by molar-refractivity contribution is -0.125. The number of amides is 3. The quantitative estimate of drug-likeness (QED) is 0.271. The molecule has 0 bridgehead atoms. The van der Waals surface area contributed by atoms with E-state index in [1.807, 2.05) is 0 Å². The van der Waals surface area contributed by atoms with E-state index in [4.69, 9.17) is 17.3 Å². The standard InChI is InChI=1S/C27H31ClFN5O4/c1-2-3-6-16-17-11-22(25(36)31-12-14-5-4-7-19(28)23(14)29)34(24(16)17)27(38)32-20-13-33(26(30)37)21-9-8-15(35)10-18(20)21/h4-5,7-10,13,16-17,22,24,26,35,37H,2-3,6,11-12,30H2,1H3,(H,31,36)(H,32,38)/t16-,17+,22+,24?,26?/m1/s1. The lowest BCUT2D eigenvalue weighted by atomic mass is 10.0. The molecular formula is C27H31ClFN5O4. The molecule has 2 fully saturated rings. The fourth-order valence-electron chi connectivity index (χ4n) is 5.79. The van der Waals surface area contributed by atoms with Gasteiger partial charge in [-0.15, -0.1) is 0 Å². The summed E-state index contributed by atoms with van der Waals surface area (Å²) in [5.74, 6) is -0.405. The number of carbonyl (C=O) groups excluding carboxylic acids is 2. The van der Waals surface area contributed by atoms with E-state index in [1.165, 1.54) is 29.0 Å². The van der Waals surface area contributed by atoms with Crippen LogP contribution < -0.4 is 16.4 Å². The van der Waals surface area contributed by atoms with Gasteiger partial charge in [-0.05, 0) is 48.9 Å².